The zero-order valence-corrected chi connectivity index (χ0v) is 16.5. The average molecular weight is 425 g/mol. The number of aryl methyl sites for hydroxylation is 1. The molecule has 1 aromatic carbocycles. The van der Waals surface area contributed by atoms with Crippen LogP contribution in [0.2, 0.25) is 0 Å². The predicted octanol–water partition coefficient (Wildman–Crippen LogP) is 2.91. The highest BCUT2D eigenvalue weighted by molar-refractivity contribution is 9.10. The van der Waals surface area contributed by atoms with Crippen LogP contribution < -0.4 is 11.2 Å². The van der Waals surface area contributed by atoms with Crippen molar-refractivity contribution in [3.05, 3.63) is 85.9 Å². The van der Waals surface area contributed by atoms with E-state index in [2.05, 4.69) is 20.9 Å². The molecule has 0 bridgehead atoms. The van der Waals surface area contributed by atoms with Gasteiger partial charge in [-0.05, 0) is 23.8 Å². The molecule has 0 unspecified atom stereocenters. The summed E-state index contributed by atoms with van der Waals surface area (Å²) in [4.78, 5) is 29.5. The molecule has 0 aliphatic heterocycles. The number of fused-ring (bicyclic) bond motifs is 1. The van der Waals surface area contributed by atoms with E-state index >= 15 is 0 Å². The predicted molar refractivity (Wildman–Crippen MR) is 109 cm³/mol. The SMILES string of the molecule is Cn1c(=O)c2c(-c3cccc(Br)c3)n(Cc3cccnc3)cc2n(C)c1=O. The van der Waals surface area contributed by atoms with E-state index in [0.717, 1.165) is 25.9 Å². The van der Waals surface area contributed by atoms with Crippen LogP contribution in [-0.2, 0) is 20.6 Å². The maximum absolute atomic E-state index is 13.0. The van der Waals surface area contributed by atoms with Gasteiger partial charge in [-0.3, -0.25) is 18.9 Å². The topological polar surface area (TPSA) is 61.8 Å². The van der Waals surface area contributed by atoms with Crippen LogP contribution in [0.5, 0.6) is 0 Å². The van der Waals surface area contributed by atoms with Gasteiger partial charge in [0.2, 0.25) is 0 Å². The molecule has 0 atom stereocenters. The lowest BCUT2D eigenvalue weighted by Gasteiger charge is -2.10. The van der Waals surface area contributed by atoms with Crippen LogP contribution in [0.15, 0.2) is 69.1 Å². The molecular weight excluding hydrogens is 408 g/mol. The molecule has 0 fully saturated rings. The average Bonchev–Trinajstić information content (AvgIpc) is 3.05. The minimum atomic E-state index is -0.341. The van der Waals surface area contributed by atoms with E-state index in [4.69, 9.17) is 0 Å². The summed E-state index contributed by atoms with van der Waals surface area (Å²) >= 11 is 3.50. The molecule has 0 spiro atoms. The van der Waals surface area contributed by atoms with E-state index in [1.165, 1.54) is 11.6 Å². The molecule has 6 nitrogen and oxygen atoms in total. The smallest absolute Gasteiger partial charge is 0.330 e. The monoisotopic (exact) mass is 424 g/mol. The van der Waals surface area contributed by atoms with Crippen molar-refractivity contribution < 1.29 is 0 Å². The Hall–Kier alpha value is -2.93. The van der Waals surface area contributed by atoms with Gasteiger partial charge in [-0.1, -0.05) is 34.1 Å². The number of rotatable bonds is 3. The van der Waals surface area contributed by atoms with Gasteiger partial charge in [0.25, 0.3) is 5.56 Å². The van der Waals surface area contributed by atoms with Gasteiger partial charge in [-0.25, -0.2) is 4.79 Å². The Labute approximate surface area is 163 Å². The third-order valence-electron chi connectivity index (χ3n) is 4.69. The van der Waals surface area contributed by atoms with Gasteiger partial charge in [-0.2, -0.15) is 0 Å². The lowest BCUT2D eigenvalue weighted by molar-refractivity contribution is 0.714. The van der Waals surface area contributed by atoms with Crippen LogP contribution in [0.3, 0.4) is 0 Å². The Kier molecular flexibility index (Phi) is 4.31. The third kappa shape index (κ3) is 2.94. The summed E-state index contributed by atoms with van der Waals surface area (Å²) in [6.07, 6.45) is 5.39. The second kappa shape index (κ2) is 6.66. The van der Waals surface area contributed by atoms with Crippen molar-refractivity contribution in [2.24, 2.45) is 14.1 Å². The molecule has 3 aromatic heterocycles. The third-order valence-corrected chi connectivity index (χ3v) is 5.18. The van der Waals surface area contributed by atoms with Crippen LogP contribution in [0.4, 0.5) is 0 Å². The van der Waals surface area contributed by atoms with Gasteiger partial charge >= 0.3 is 5.69 Å². The fraction of sp³-hybridized carbons (Fsp3) is 0.150. The molecule has 0 amide bonds. The molecule has 7 heteroatoms. The molecule has 0 radical (unpaired) electrons. The number of hydrogen-bond donors (Lipinski definition) is 0. The number of hydrogen-bond acceptors (Lipinski definition) is 3. The molecule has 136 valence electrons. The van der Waals surface area contributed by atoms with Gasteiger partial charge in [0.05, 0.1) is 16.6 Å². The Balaban J connectivity index is 2.09. The standard InChI is InChI=1S/C20H17BrN4O2/c1-23-16-12-25(11-13-5-4-8-22-10-13)18(14-6-3-7-15(21)9-14)17(16)19(26)24(2)20(23)27/h3-10,12H,11H2,1-2H3. The summed E-state index contributed by atoms with van der Waals surface area (Å²) in [7, 11) is 3.19. The molecule has 4 rings (SSSR count). The summed E-state index contributed by atoms with van der Waals surface area (Å²) in [5.41, 5.74) is 2.67. The summed E-state index contributed by atoms with van der Waals surface area (Å²) < 4.78 is 5.59. The lowest BCUT2D eigenvalue weighted by atomic mass is 10.1. The molecule has 0 aliphatic carbocycles. The summed E-state index contributed by atoms with van der Waals surface area (Å²) in [5.74, 6) is 0. The van der Waals surface area contributed by atoms with Crippen molar-refractivity contribution in [2.75, 3.05) is 0 Å². The fourth-order valence-corrected chi connectivity index (χ4v) is 3.75. The molecule has 0 aliphatic rings. The maximum Gasteiger partial charge on any atom is 0.330 e. The number of halogens is 1. The quantitative estimate of drug-likeness (QED) is 0.507. The van der Waals surface area contributed by atoms with Gasteiger partial charge < -0.3 is 4.57 Å². The number of nitrogens with zero attached hydrogens (tertiary/aromatic N) is 4. The van der Waals surface area contributed by atoms with Gasteiger partial charge in [0.1, 0.15) is 0 Å². The van der Waals surface area contributed by atoms with Crippen LogP contribution >= 0.6 is 15.9 Å². The van der Waals surface area contributed by atoms with Crippen molar-refractivity contribution in [3.63, 3.8) is 0 Å². The summed E-state index contributed by atoms with van der Waals surface area (Å²) in [6, 6.07) is 11.7. The highest BCUT2D eigenvalue weighted by Crippen LogP contribution is 2.30. The van der Waals surface area contributed by atoms with Crippen LogP contribution in [0.1, 0.15) is 5.56 Å². The van der Waals surface area contributed by atoms with Crippen LogP contribution in [0, 0.1) is 0 Å². The zero-order chi connectivity index (χ0) is 19.1. The first-order chi connectivity index (χ1) is 13.0. The van der Waals surface area contributed by atoms with Crippen molar-refractivity contribution in [2.45, 2.75) is 6.54 Å². The normalized spacial score (nSPS) is 11.2. The molecule has 3 heterocycles. The molecule has 0 saturated heterocycles. The second-order valence-corrected chi connectivity index (χ2v) is 7.36. The Morgan fingerprint density at radius 3 is 2.59 bits per heavy atom. The van der Waals surface area contributed by atoms with Gasteiger partial charge in [-0.15, -0.1) is 0 Å². The fourth-order valence-electron chi connectivity index (χ4n) is 3.35. The van der Waals surface area contributed by atoms with Crippen LogP contribution in [-0.4, -0.2) is 18.7 Å². The molecule has 0 saturated carbocycles. The van der Waals surface area contributed by atoms with E-state index in [1.807, 2.05) is 47.2 Å². The first kappa shape index (κ1) is 17.5. The van der Waals surface area contributed by atoms with Crippen LogP contribution in [0.25, 0.3) is 22.2 Å². The largest absolute Gasteiger partial charge is 0.340 e. The van der Waals surface area contributed by atoms with E-state index in [-0.39, 0.29) is 11.2 Å². The number of aromatic nitrogens is 4. The minimum absolute atomic E-state index is 0.298. The highest BCUT2D eigenvalue weighted by atomic mass is 79.9. The van der Waals surface area contributed by atoms with E-state index < -0.39 is 0 Å². The van der Waals surface area contributed by atoms with Gasteiger partial charge in [0, 0.05) is 49.3 Å². The Bertz CT molecular complexity index is 1270. The summed E-state index contributed by atoms with van der Waals surface area (Å²) in [5, 5.41) is 0.529. The van der Waals surface area contributed by atoms with E-state index in [9.17, 15) is 9.59 Å². The molecule has 4 aromatic rings. The zero-order valence-electron chi connectivity index (χ0n) is 14.9. The first-order valence-corrected chi connectivity index (χ1v) is 9.20. The Morgan fingerprint density at radius 2 is 1.89 bits per heavy atom. The Morgan fingerprint density at radius 1 is 1.07 bits per heavy atom. The lowest BCUT2D eigenvalue weighted by Crippen LogP contribution is -2.36. The minimum Gasteiger partial charge on any atom is -0.340 e. The van der Waals surface area contributed by atoms with Crippen molar-refractivity contribution in [1.29, 1.82) is 0 Å². The van der Waals surface area contributed by atoms with Crippen molar-refractivity contribution in [3.8, 4) is 11.3 Å². The van der Waals surface area contributed by atoms with Gasteiger partial charge in [0.15, 0.2) is 0 Å². The maximum atomic E-state index is 13.0. The molecule has 27 heavy (non-hydrogen) atoms. The number of pyridine rings is 1. The van der Waals surface area contributed by atoms with Crippen molar-refractivity contribution >= 4 is 26.8 Å². The summed E-state index contributed by atoms with van der Waals surface area (Å²) in [6.45, 7) is 0.543. The highest BCUT2D eigenvalue weighted by Gasteiger charge is 2.19. The number of benzene rings is 1. The van der Waals surface area contributed by atoms with Crippen molar-refractivity contribution in [1.82, 2.24) is 18.7 Å². The first-order valence-electron chi connectivity index (χ1n) is 8.41. The molecule has 0 N–H and O–H groups in total. The molecular formula is C20H17BrN4O2. The van der Waals surface area contributed by atoms with E-state index in [0.29, 0.717) is 17.4 Å². The van der Waals surface area contributed by atoms with E-state index in [1.54, 1.807) is 19.4 Å². The second-order valence-electron chi connectivity index (χ2n) is 6.44.